The van der Waals surface area contributed by atoms with Gasteiger partial charge in [-0.25, -0.2) is 8.42 Å². The first-order chi connectivity index (χ1) is 6.79. The molecular weight excluding hydrogens is 214 g/mol. The normalized spacial score (nSPS) is 33.2. The first-order valence-corrected chi connectivity index (χ1v) is 6.95. The molecule has 1 aliphatic heterocycles. The van der Waals surface area contributed by atoms with Crippen LogP contribution in [-0.4, -0.2) is 30.6 Å². The van der Waals surface area contributed by atoms with Gasteiger partial charge < -0.3 is 5.11 Å². The summed E-state index contributed by atoms with van der Waals surface area (Å²) in [4.78, 5) is 0. The van der Waals surface area contributed by atoms with Crippen LogP contribution in [0.3, 0.4) is 0 Å². The van der Waals surface area contributed by atoms with Crippen molar-refractivity contribution in [3.05, 3.63) is 0 Å². The van der Waals surface area contributed by atoms with E-state index in [0.717, 1.165) is 6.42 Å². The molecule has 1 rings (SSSR count). The molecule has 0 aromatic heterocycles. The van der Waals surface area contributed by atoms with E-state index < -0.39 is 20.9 Å². The minimum atomic E-state index is -3.15. The molecule has 1 N–H and O–H groups in total. The van der Waals surface area contributed by atoms with Gasteiger partial charge in [0.05, 0.1) is 23.2 Å². The van der Waals surface area contributed by atoms with Crippen LogP contribution in [-0.2, 0) is 9.84 Å². The molecule has 0 aromatic rings. The van der Waals surface area contributed by atoms with Crippen LogP contribution in [0.15, 0.2) is 0 Å². The van der Waals surface area contributed by atoms with Gasteiger partial charge in [0, 0.05) is 0 Å². The van der Waals surface area contributed by atoms with Crippen molar-refractivity contribution in [1.82, 2.24) is 0 Å². The fourth-order valence-electron chi connectivity index (χ4n) is 2.21. The summed E-state index contributed by atoms with van der Waals surface area (Å²) < 4.78 is 22.8. The van der Waals surface area contributed by atoms with Crippen LogP contribution in [0.4, 0.5) is 0 Å². The molecule has 2 atom stereocenters. The van der Waals surface area contributed by atoms with Crippen LogP contribution in [0.25, 0.3) is 0 Å². The number of hydrogen-bond acceptors (Lipinski definition) is 4. The average Bonchev–Trinajstić information content (AvgIpc) is 2.43. The van der Waals surface area contributed by atoms with Gasteiger partial charge in [0.2, 0.25) is 0 Å². The number of hydrogen-bond donors (Lipinski definition) is 1. The molecule has 2 unspecified atom stereocenters. The summed E-state index contributed by atoms with van der Waals surface area (Å²) in [5.74, 6) is -0.191. The van der Waals surface area contributed by atoms with Crippen LogP contribution >= 0.6 is 0 Å². The minimum Gasteiger partial charge on any atom is -0.388 e. The van der Waals surface area contributed by atoms with E-state index in [2.05, 4.69) is 0 Å². The largest absolute Gasteiger partial charge is 0.388 e. The Hall–Kier alpha value is -0.600. The Labute approximate surface area is 90.8 Å². The third kappa shape index (κ3) is 2.16. The van der Waals surface area contributed by atoms with Crippen molar-refractivity contribution in [3.63, 3.8) is 0 Å². The Balaban J connectivity index is 3.04. The third-order valence-electron chi connectivity index (χ3n) is 3.29. The molecule has 0 saturated carbocycles. The standard InChI is InChI=1S/C10H17NO3S/c1-3-4-9(2,12)10(7-11)5-6-15(13,14)8-10/h12H,3-6,8H2,1-2H3. The summed E-state index contributed by atoms with van der Waals surface area (Å²) in [5.41, 5.74) is -2.32. The van der Waals surface area contributed by atoms with Crippen LogP contribution in [0.1, 0.15) is 33.1 Å². The fourth-order valence-corrected chi connectivity index (χ4v) is 4.28. The number of sulfone groups is 1. The predicted molar refractivity (Wildman–Crippen MR) is 56.8 cm³/mol. The number of aliphatic hydroxyl groups is 1. The average molecular weight is 231 g/mol. The molecule has 0 aliphatic carbocycles. The summed E-state index contributed by atoms with van der Waals surface area (Å²) in [5, 5.41) is 19.3. The highest BCUT2D eigenvalue weighted by Crippen LogP contribution is 2.43. The van der Waals surface area contributed by atoms with E-state index in [1.165, 1.54) is 0 Å². The van der Waals surface area contributed by atoms with Gasteiger partial charge in [-0.3, -0.25) is 0 Å². The smallest absolute Gasteiger partial charge is 0.152 e. The predicted octanol–water partition coefficient (Wildman–Crippen LogP) is 0.866. The molecule has 0 aromatic carbocycles. The zero-order chi connectivity index (χ0) is 11.7. The Bertz CT molecular complexity index is 380. The maximum absolute atomic E-state index is 11.4. The van der Waals surface area contributed by atoms with Gasteiger partial charge in [-0.15, -0.1) is 0 Å². The molecule has 1 aliphatic rings. The van der Waals surface area contributed by atoms with Gasteiger partial charge in [0.25, 0.3) is 0 Å². The molecule has 86 valence electrons. The Kier molecular flexibility index (Phi) is 3.13. The highest BCUT2D eigenvalue weighted by atomic mass is 32.2. The molecule has 4 nitrogen and oxygen atoms in total. The second kappa shape index (κ2) is 3.76. The van der Waals surface area contributed by atoms with Gasteiger partial charge in [0.15, 0.2) is 9.84 Å². The number of nitrogens with zero attached hydrogens (tertiary/aromatic N) is 1. The molecule has 0 bridgehead atoms. The molecule has 1 saturated heterocycles. The first kappa shape index (κ1) is 12.5. The van der Waals surface area contributed by atoms with Gasteiger partial charge >= 0.3 is 0 Å². The van der Waals surface area contributed by atoms with Crippen LogP contribution in [0.5, 0.6) is 0 Å². The maximum atomic E-state index is 11.4. The van der Waals surface area contributed by atoms with Crippen molar-refractivity contribution in [2.75, 3.05) is 11.5 Å². The Morgan fingerprint density at radius 1 is 1.60 bits per heavy atom. The molecule has 0 amide bonds. The first-order valence-electron chi connectivity index (χ1n) is 5.13. The highest BCUT2D eigenvalue weighted by molar-refractivity contribution is 7.91. The van der Waals surface area contributed by atoms with Crippen LogP contribution in [0.2, 0.25) is 0 Å². The van der Waals surface area contributed by atoms with Crippen molar-refractivity contribution in [3.8, 4) is 6.07 Å². The molecule has 1 heterocycles. The maximum Gasteiger partial charge on any atom is 0.152 e. The van der Waals surface area contributed by atoms with Crippen molar-refractivity contribution >= 4 is 9.84 Å². The van der Waals surface area contributed by atoms with Crippen molar-refractivity contribution in [2.24, 2.45) is 5.41 Å². The van der Waals surface area contributed by atoms with Gasteiger partial charge in [0.1, 0.15) is 5.41 Å². The lowest BCUT2D eigenvalue weighted by molar-refractivity contribution is -0.0343. The lowest BCUT2D eigenvalue weighted by Gasteiger charge is -2.36. The molecule has 0 spiro atoms. The summed E-state index contributed by atoms with van der Waals surface area (Å²) in [6, 6.07) is 2.03. The lowest BCUT2D eigenvalue weighted by atomic mass is 9.71. The summed E-state index contributed by atoms with van der Waals surface area (Å²) in [6.45, 7) is 3.48. The van der Waals surface area contributed by atoms with Gasteiger partial charge in [-0.1, -0.05) is 13.3 Å². The SMILES string of the molecule is CCCC(C)(O)C1(C#N)CCS(=O)(=O)C1. The van der Waals surface area contributed by atoms with Crippen molar-refractivity contribution in [1.29, 1.82) is 5.26 Å². The highest BCUT2D eigenvalue weighted by Gasteiger charge is 2.53. The second-order valence-corrected chi connectivity index (χ2v) is 6.74. The van der Waals surface area contributed by atoms with E-state index in [1.54, 1.807) is 6.92 Å². The van der Waals surface area contributed by atoms with E-state index in [-0.39, 0.29) is 17.9 Å². The quantitative estimate of drug-likeness (QED) is 0.781. The molecule has 5 heteroatoms. The monoisotopic (exact) mass is 231 g/mol. The van der Waals surface area contributed by atoms with E-state index in [0.29, 0.717) is 6.42 Å². The third-order valence-corrected chi connectivity index (χ3v) is 5.05. The van der Waals surface area contributed by atoms with E-state index >= 15 is 0 Å². The summed E-state index contributed by atoms with van der Waals surface area (Å²) in [6.07, 6.45) is 1.44. The molecule has 0 radical (unpaired) electrons. The van der Waals surface area contributed by atoms with E-state index in [4.69, 9.17) is 5.26 Å². The minimum absolute atomic E-state index is 0.0143. The van der Waals surface area contributed by atoms with E-state index in [1.807, 2.05) is 13.0 Å². The van der Waals surface area contributed by atoms with Crippen molar-refractivity contribution in [2.45, 2.75) is 38.7 Å². The Morgan fingerprint density at radius 2 is 2.20 bits per heavy atom. The van der Waals surface area contributed by atoms with Crippen molar-refractivity contribution < 1.29 is 13.5 Å². The zero-order valence-corrected chi connectivity index (χ0v) is 9.97. The Morgan fingerprint density at radius 3 is 2.53 bits per heavy atom. The molecule has 15 heavy (non-hydrogen) atoms. The van der Waals surface area contributed by atoms with Gasteiger partial charge in [-0.05, 0) is 19.8 Å². The topological polar surface area (TPSA) is 78.2 Å². The zero-order valence-electron chi connectivity index (χ0n) is 9.15. The fraction of sp³-hybridized carbons (Fsp3) is 0.900. The number of nitriles is 1. The molecule has 1 fully saturated rings. The van der Waals surface area contributed by atoms with Gasteiger partial charge in [-0.2, -0.15) is 5.26 Å². The number of rotatable bonds is 3. The summed E-state index contributed by atoms with van der Waals surface area (Å²) >= 11 is 0. The lowest BCUT2D eigenvalue weighted by Crippen LogP contribution is -2.46. The van der Waals surface area contributed by atoms with Crippen LogP contribution < -0.4 is 0 Å². The summed E-state index contributed by atoms with van der Waals surface area (Å²) in [7, 11) is -3.15. The van der Waals surface area contributed by atoms with E-state index in [9.17, 15) is 13.5 Å². The van der Waals surface area contributed by atoms with Crippen LogP contribution in [0, 0.1) is 16.7 Å². The second-order valence-electron chi connectivity index (χ2n) is 4.56. The molecular formula is C10H17NO3S.